The largest absolute Gasteiger partial charge is 0.325 e. The van der Waals surface area contributed by atoms with E-state index in [0.717, 1.165) is 15.7 Å². The molecule has 1 heterocycles. The van der Waals surface area contributed by atoms with Gasteiger partial charge < -0.3 is 5.32 Å². The Bertz CT molecular complexity index is 913. The van der Waals surface area contributed by atoms with E-state index in [1.807, 2.05) is 66.4 Å². The normalized spacial score (nSPS) is 17.2. The lowest BCUT2D eigenvalue weighted by Gasteiger charge is -2.36. The average molecular weight is 466 g/mol. The number of carbonyl (C=O) groups excluding carboxylic acids is 1. The van der Waals surface area contributed by atoms with Gasteiger partial charge in [0.05, 0.1) is 11.8 Å². The minimum Gasteiger partial charge on any atom is -0.325 e. The highest BCUT2D eigenvalue weighted by atomic mass is 79.9. The van der Waals surface area contributed by atoms with Gasteiger partial charge in [0.15, 0.2) is 0 Å². The average Bonchev–Trinajstić information content (AvgIpc) is 2.68. The zero-order valence-electron chi connectivity index (χ0n) is 15.7. The Labute approximate surface area is 174 Å². The van der Waals surface area contributed by atoms with Gasteiger partial charge in [-0.1, -0.05) is 52.3 Å². The van der Waals surface area contributed by atoms with Crippen molar-refractivity contribution < 1.29 is 13.2 Å². The van der Waals surface area contributed by atoms with Gasteiger partial charge in [-0.25, -0.2) is 8.42 Å². The van der Waals surface area contributed by atoms with Crippen LogP contribution in [0.15, 0.2) is 59.1 Å². The number of sulfonamides is 1. The van der Waals surface area contributed by atoms with Gasteiger partial charge in [0, 0.05) is 36.3 Å². The van der Waals surface area contributed by atoms with Crippen LogP contribution in [0.25, 0.3) is 0 Å². The maximum absolute atomic E-state index is 12.7. The van der Waals surface area contributed by atoms with Gasteiger partial charge in [0.25, 0.3) is 0 Å². The zero-order chi connectivity index (χ0) is 20.1. The molecule has 1 aliphatic rings. The topological polar surface area (TPSA) is 69.7 Å². The van der Waals surface area contributed by atoms with E-state index >= 15 is 0 Å². The molecule has 0 radical (unpaired) electrons. The van der Waals surface area contributed by atoms with Crippen molar-refractivity contribution in [2.24, 2.45) is 0 Å². The minimum absolute atomic E-state index is 0.00671. The SMILES string of the molecule is CC(C(=O)Nc1cccc(Br)c1)N1CCN(S(=O)(=O)Cc2ccccc2)CC1. The number of halogens is 1. The Hall–Kier alpha value is -1.74. The number of carbonyl (C=O) groups is 1. The Kier molecular flexibility index (Phi) is 6.87. The van der Waals surface area contributed by atoms with Crippen molar-refractivity contribution in [3.8, 4) is 0 Å². The van der Waals surface area contributed by atoms with Gasteiger partial charge in [-0.3, -0.25) is 9.69 Å². The summed E-state index contributed by atoms with van der Waals surface area (Å²) in [7, 11) is -3.36. The number of hydrogen-bond acceptors (Lipinski definition) is 4. The van der Waals surface area contributed by atoms with Crippen LogP contribution < -0.4 is 5.32 Å². The first-order valence-corrected chi connectivity index (χ1v) is 11.6. The molecule has 1 fully saturated rings. The molecule has 1 amide bonds. The number of nitrogens with one attached hydrogen (secondary N) is 1. The second kappa shape index (κ2) is 9.17. The Balaban J connectivity index is 1.54. The maximum atomic E-state index is 12.7. The van der Waals surface area contributed by atoms with E-state index in [1.54, 1.807) is 0 Å². The lowest BCUT2D eigenvalue weighted by molar-refractivity contribution is -0.121. The van der Waals surface area contributed by atoms with Crippen molar-refractivity contribution in [2.45, 2.75) is 18.7 Å². The summed E-state index contributed by atoms with van der Waals surface area (Å²) in [5.41, 5.74) is 1.52. The van der Waals surface area contributed by atoms with E-state index in [9.17, 15) is 13.2 Å². The van der Waals surface area contributed by atoms with Crippen molar-refractivity contribution in [1.82, 2.24) is 9.21 Å². The summed E-state index contributed by atoms with van der Waals surface area (Å²) in [6.07, 6.45) is 0. The van der Waals surface area contributed by atoms with Gasteiger partial charge in [-0.2, -0.15) is 4.31 Å². The molecule has 0 saturated carbocycles. The number of amides is 1. The van der Waals surface area contributed by atoms with Crippen molar-refractivity contribution in [3.63, 3.8) is 0 Å². The smallest absolute Gasteiger partial charge is 0.241 e. The summed E-state index contributed by atoms with van der Waals surface area (Å²) in [4.78, 5) is 14.6. The van der Waals surface area contributed by atoms with Crippen LogP contribution in [0.4, 0.5) is 5.69 Å². The zero-order valence-corrected chi connectivity index (χ0v) is 18.1. The Morgan fingerprint density at radius 1 is 1.07 bits per heavy atom. The predicted octanol–water partition coefficient (Wildman–Crippen LogP) is 2.92. The van der Waals surface area contributed by atoms with Crippen molar-refractivity contribution in [1.29, 1.82) is 0 Å². The summed E-state index contributed by atoms with van der Waals surface area (Å²) in [5, 5.41) is 2.91. The standard InChI is InChI=1S/C20H24BrN3O3S/c1-16(20(25)22-19-9-5-8-18(21)14-19)23-10-12-24(13-11-23)28(26,27)15-17-6-3-2-4-7-17/h2-9,14,16H,10-13,15H2,1H3,(H,22,25). The summed E-state index contributed by atoms with van der Waals surface area (Å²) in [5.74, 6) is -0.0917. The van der Waals surface area contributed by atoms with E-state index in [0.29, 0.717) is 26.2 Å². The molecule has 0 aliphatic carbocycles. The second-order valence-corrected chi connectivity index (χ2v) is 9.74. The van der Waals surface area contributed by atoms with Crippen LogP contribution in [0.3, 0.4) is 0 Å². The van der Waals surface area contributed by atoms with Gasteiger partial charge in [-0.05, 0) is 30.7 Å². The van der Waals surface area contributed by atoms with E-state index in [-0.39, 0.29) is 17.7 Å². The van der Waals surface area contributed by atoms with E-state index < -0.39 is 10.0 Å². The number of piperazine rings is 1. The van der Waals surface area contributed by atoms with Crippen LogP contribution in [0.2, 0.25) is 0 Å². The minimum atomic E-state index is -3.36. The molecule has 1 N–H and O–H groups in total. The third kappa shape index (κ3) is 5.41. The number of benzene rings is 2. The molecule has 1 aliphatic heterocycles. The van der Waals surface area contributed by atoms with E-state index in [1.165, 1.54) is 4.31 Å². The van der Waals surface area contributed by atoms with Gasteiger partial charge in [0.2, 0.25) is 15.9 Å². The van der Waals surface area contributed by atoms with Crippen LogP contribution in [0.5, 0.6) is 0 Å². The first kappa shape index (κ1) is 21.0. The number of anilines is 1. The lowest BCUT2D eigenvalue weighted by atomic mass is 10.2. The number of nitrogens with zero attached hydrogens (tertiary/aromatic N) is 2. The maximum Gasteiger partial charge on any atom is 0.241 e. The van der Waals surface area contributed by atoms with Crippen molar-refractivity contribution in [2.75, 3.05) is 31.5 Å². The Morgan fingerprint density at radius 3 is 2.39 bits per heavy atom. The third-order valence-electron chi connectivity index (χ3n) is 4.88. The molecule has 150 valence electrons. The first-order valence-electron chi connectivity index (χ1n) is 9.17. The number of rotatable bonds is 6. The molecule has 0 bridgehead atoms. The van der Waals surface area contributed by atoms with E-state index in [4.69, 9.17) is 0 Å². The van der Waals surface area contributed by atoms with Gasteiger partial charge in [0.1, 0.15) is 0 Å². The van der Waals surface area contributed by atoms with E-state index in [2.05, 4.69) is 21.2 Å². The lowest BCUT2D eigenvalue weighted by Crippen LogP contribution is -2.54. The molecule has 8 heteroatoms. The molecule has 2 aromatic carbocycles. The van der Waals surface area contributed by atoms with Crippen molar-refractivity contribution in [3.05, 3.63) is 64.6 Å². The highest BCUT2D eigenvalue weighted by Crippen LogP contribution is 2.18. The molecule has 1 atom stereocenters. The fraction of sp³-hybridized carbons (Fsp3) is 0.350. The molecule has 6 nitrogen and oxygen atoms in total. The molecule has 0 spiro atoms. The fourth-order valence-corrected chi connectivity index (χ4v) is 5.14. The number of hydrogen-bond donors (Lipinski definition) is 1. The van der Waals surface area contributed by atoms with Crippen LogP contribution in [-0.4, -0.2) is 55.8 Å². The third-order valence-corrected chi connectivity index (χ3v) is 7.22. The van der Waals surface area contributed by atoms with Crippen LogP contribution >= 0.6 is 15.9 Å². The fourth-order valence-electron chi connectivity index (χ4n) is 3.22. The monoisotopic (exact) mass is 465 g/mol. The molecular weight excluding hydrogens is 442 g/mol. The van der Waals surface area contributed by atoms with Crippen LogP contribution in [0.1, 0.15) is 12.5 Å². The van der Waals surface area contributed by atoms with Crippen molar-refractivity contribution >= 4 is 37.5 Å². The Morgan fingerprint density at radius 2 is 1.75 bits per heavy atom. The molecule has 1 saturated heterocycles. The molecule has 1 unspecified atom stereocenters. The summed E-state index contributed by atoms with van der Waals surface area (Å²) in [6.45, 7) is 3.69. The second-order valence-electron chi connectivity index (χ2n) is 6.85. The quantitative estimate of drug-likeness (QED) is 0.711. The summed E-state index contributed by atoms with van der Waals surface area (Å²) >= 11 is 3.39. The highest BCUT2D eigenvalue weighted by Gasteiger charge is 2.30. The molecular formula is C20H24BrN3O3S. The summed E-state index contributed by atoms with van der Waals surface area (Å²) < 4.78 is 27.7. The molecule has 28 heavy (non-hydrogen) atoms. The van der Waals surface area contributed by atoms with Gasteiger partial charge >= 0.3 is 0 Å². The first-order chi connectivity index (χ1) is 13.3. The predicted molar refractivity (Wildman–Crippen MR) is 114 cm³/mol. The molecule has 0 aromatic heterocycles. The molecule has 2 aromatic rings. The van der Waals surface area contributed by atoms with Crippen LogP contribution in [0, 0.1) is 0 Å². The van der Waals surface area contributed by atoms with Crippen LogP contribution in [-0.2, 0) is 20.6 Å². The highest BCUT2D eigenvalue weighted by molar-refractivity contribution is 9.10. The van der Waals surface area contributed by atoms with Gasteiger partial charge in [-0.15, -0.1) is 0 Å². The molecule has 3 rings (SSSR count). The summed E-state index contributed by atoms with van der Waals surface area (Å²) in [6, 6.07) is 16.3.